The first kappa shape index (κ1) is 12.4. The van der Waals surface area contributed by atoms with Gasteiger partial charge in [0.1, 0.15) is 5.92 Å². The fraction of sp³-hybridized carbons (Fsp3) is 0.615. The van der Waals surface area contributed by atoms with Crippen molar-refractivity contribution in [1.82, 2.24) is 4.98 Å². The van der Waals surface area contributed by atoms with Crippen LogP contribution in [0.1, 0.15) is 42.2 Å². The lowest BCUT2D eigenvalue weighted by Gasteiger charge is -2.20. The zero-order valence-electron chi connectivity index (χ0n) is 10.5. The molecule has 0 bridgehead atoms. The van der Waals surface area contributed by atoms with Crippen LogP contribution in [0.15, 0.2) is 0 Å². The van der Waals surface area contributed by atoms with Crippen molar-refractivity contribution in [3.8, 4) is 6.07 Å². The van der Waals surface area contributed by atoms with Crippen LogP contribution in [0.25, 0.3) is 0 Å². The molecule has 6 heteroatoms. The van der Waals surface area contributed by atoms with E-state index >= 15 is 0 Å². The Labute approximate surface area is 115 Å². The van der Waals surface area contributed by atoms with Crippen LogP contribution in [0.4, 0.5) is 5.13 Å². The molecule has 2 aliphatic rings. The van der Waals surface area contributed by atoms with E-state index in [1.807, 2.05) is 0 Å². The molecule has 1 N–H and O–H groups in total. The van der Waals surface area contributed by atoms with E-state index in [0.29, 0.717) is 25.4 Å². The summed E-state index contributed by atoms with van der Waals surface area (Å²) in [6.07, 6.45) is 4.28. The van der Waals surface area contributed by atoms with E-state index in [1.54, 1.807) is 11.3 Å². The van der Waals surface area contributed by atoms with Crippen molar-refractivity contribution in [3.63, 3.8) is 0 Å². The van der Waals surface area contributed by atoms with Gasteiger partial charge in [-0.3, -0.25) is 4.79 Å². The molecule has 1 fully saturated rings. The molecular formula is C13H15N3O2S. The van der Waals surface area contributed by atoms with Gasteiger partial charge in [-0.05, 0) is 25.7 Å². The van der Waals surface area contributed by atoms with Crippen molar-refractivity contribution in [3.05, 3.63) is 10.6 Å². The van der Waals surface area contributed by atoms with Crippen molar-refractivity contribution >= 4 is 22.4 Å². The summed E-state index contributed by atoms with van der Waals surface area (Å²) in [6.45, 7) is 0.700. The van der Waals surface area contributed by atoms with Gasteiger partial charge >= 0.3 is 5.97 Å². The van der Waals surface area contributed by atoms with Gasteiger partial charge in [-0.15, -0.1) is 11.3 Å². The van der Waals surface area contributed by atoms with Crippen LogP contribution in [-0.2, 0) is 11.2 Å². The number of hydrogen-bond donors (Lipinski definition) is 1. The molecule has 0 radical (unpaired) electrons. The van der Waals surface area contributed by atoms with Crippen LogP contribution in [0.5, 0.6) is 0 Å². The topological polar surface area (TPSA) is 77.2 Å². The summed E-state index contributed by atoms with van der Waals surface area (Å²) in [5.74, 6) is -1.21. The van der Waals surface area contributed by atoms with Crippen molar-refractivity contribution in [2.45, 2.75) is 44.1 Å². The predicted octanol–water partition coefficient (Wildman–Crippen LogP) is 2.14. The Morgan fingerprint density at radius 1 is 1.53 bits per heavy atom. The largest absolute Gasteiger partial charge is 0.481 e. The van der Waals surface area contributed by atoms with Gasteiger partial charge in [0.15, 0.2) is 5.13 Å². The van der Waals surface area contributed by atoms with Gasteiger partial charge < -0.3 is 10.0 Å². The maximum absolute atomic E-state index is 11.2. The number of anilines is 1. The van der Waals surface area contributed by atoms with Gasteiger partial charge in [0.25, 0.3) is 0 Å². The highest BCUT2D eigenvalue weighted by Gasteiger charge is 2.36. The molecule has 0 amide bonds. The number of carboxylic acid groups (broad SMARTS) is 1. The third-order valence-corrected chi connectivity index (χ3v) is 4.87. The van der Waals surface area contributed by atoms with E-state index in [0.717, 1.165) is 35.0 Å². The summed E-state index contributed by atoms with van der Waals surface area (Å²) in [6, 6.07) is 2.67. The van der Waals surface area contributed by atoms with Crippen LogP contribution >= 0.6 is 11.3 Å². The fourth-order valence-electron chi connectivity index (χ4n) is 2.57. The number of hydrogen-bond acceptors (Lipinski definition) is 5. The van der Waals surface area contributed by atoms with E-state index in [2.05, 4.69) is 16.0 Å². The second kappa shape index (κ2) is 4.82. The summed E-state index contributed by atoms with van der Waals surface area (Å²) in [5, 5.41) is 18.8. The van der Waals surface area contributed by atoms with E-state index in [4.69, 9.17) is 5.26 Å². The SMILES string of the molecule is N#CCCN(c1nc2c(s1)CCC2C(=O)O)C1CC1. The smallest absolute Gasteiger partial charge is 0.312 e. The highest BCUT2D eigenvalue weighted by atomic mass is 32.1. The monoisotopic (exact) mass is 277 g/mol. The van der Waals surface area contributed by atoms with Crippen LogP contribution in [-0.4, -0.2) is 28.6 Å². The van der Waals surface area contributed by atoms with Crippen LogP contribution in [0.3, 0.4) is 0 Å². The number of aliphatic carboxylic acids is 1. The van der Waals surface area contributed by atoms with Gasteiger partial charge in [-0.2, -0.15) is 5.26 Å². The van der Waals surface area contributed by atoms with Gasteiger partial charge in [0.05, 0.1) is 18.2 Å². The number of fused-ring (bicyclic) bond motifs is 1. The molecule has 1 atom stereocenters. The minimum atomic E-state index is -0.773. The molecule has 0 spiro atoms. The molecule has 1 aromatic rings. The number of carboxylic acids is 1. The molecule has 5 nitrogen and oxygen atoms in total. The summed E-state index contributed by atoms with van der Waals surface area (Å²) < 4.78 is 0. The number of nitrogens with zero attached hydrogens (tertiary/aromatic N) is 3. The first-order valence-corrected chi connectivity index (χ1v) is 7.38. The molecule has 1 aromatic heterocycles. The molecule has 19 heavy (non-hydrogen) atoms. The lowest BCUT2D eigenvalue weighted by atomic mass is 10.1. The molecule has 100 valence electrons. The number of nitriles is 1. The predicted molar refractivity (Wildman–Crippen MR) is 71.4 cm³/mol. The first-order valence-electron chi connectivity index (χ1n) is 6.56. The Bertz CT molecular complexity index is 545. The second-order valence-electron chi connectivity index (χ2n) is 5.07. The molecule has 0 saturated heterocycles. The lowest BCUT2D eigenvalue weighted by molar-refractivity contribution is -0.138. The summed E-state index contributed by atoms with van der Waals surface area (Å²) in [7, 11) is 0. The number of thiazole rings is 1. The maximum Gasteiger partial charge on any atom is 0.312 e. The van der Waals surface area contributed by atoms with Crippen molar-refractivity contribution < 1.29 is 9.90 Å². The molecular weight excluding hydrogens is 262 g/mol. The van der Waals surface area contributed by atoms with Gasteiger partial charge in [0.2, 0.25) is 0 Å². The average molecular weight is 277 g/mol. The second-order valence-corrected chi connectivity index (χ2v) is 6.13. The zero-order chi connectivity index (χ0) is 13.4. The Morgan fingerprint density at radius 3 is 2.95 bits per heavy atom. The molecule has 2 aliphatic carbocycles. The Morgan fingerprint density at radius 2 is 2.32 bits per heavy atom. The lowest BCUT2D eigenvalue weighted by Crippen LogP contribution is -2.26. The Kier molecular flexibility index (Phi) is 3.15. The van der Waals surface area contributed by atoms with Gasteiger partial charge in [-0.1, -0.05) is 0 Å². The zero-order valence-corrected chi connectivity index (χ0v) is 11.3. The number of aryl methyl sites for hydroxylation is 1. The Balaban J connectivity index is 1.84. The third-order valence-electron chi connectivity index (χ3n) is 3.70. The summed E-state index contributed by atoms with van der Waals surface area (Å²) in [4.78, 5) is 19.0. The standard InChI is InChI=1S/C13H15N3O2S/c14-6-1-7-16(8-2-3-8)13-15-11-9(12(17)18)4-5-10(11)19-13/h8-9H,1-5,7H2,(H,17,18). The number of carbonyl (C=O) groups is 1. The fourth-order valence-corrected chi connectivity index (χ4v) is 3.80. The van der Waals surface area contributed by atoms with Gasteiger partial charge in [0, 0.05) is 17.5 Å². The summed E-state index contributed by atoms with van der Waals surface area (Å²) in [5.41, 5.74) is 0.759. The van der Waals surface area contributed by atoms with Crippen LogP contribution in [0, 0.1) is 11.3 Å². The van der Waals surface area contributed by atoms with Crippen molar-refractivity contribution in [1.29, 1.82) is 5.26 Å². The highest BCUT2D eigenvalue weighted by Crippen LogP contribution is 2.42. The molecule has 0 aliphatic heterocycles. The first-order chi connectivity index (χ1) is 9.20. The van der Waals surface area contributed by atoms with Gasteiger partial charge in [-0.25, -0.2) is 4.98 Å². The number of aromatic nitrogens is 1. The van der Waals surface area contributed by atoms with E-state index in [9.17, 15) is 9.90 Å². The highest BCUT2D eigenvalue weighted by molar-refractivity contribution is 7.15. The molecule has 3 rings (SSSR count). The van der Waals surface area contributed by atoms with E-state index in [-0.39, 0.29) is 0 Å². The molecule has 0 aromatic carbocycles. The van der Waals surface area contributed by atoms with Crippen LogP contribution < -0.4 is 4.90 Å². The third kappa shape index (κ3) is 2.30. The minimum absolute atomic E-state index is 0.433. The number of rotatable bonds is 5. The van der Waals surface area contributed by atoms with Crippen molar-refractivity contribution in [2.24, 2.45) is 0 Å². The quantitative estimate of drug-likeness (QED) is 0.892. The maximum atomic E-state index is 11.2. The Hall–Kier alpha value is -1.61. The van der Waals surface area contributed by atoms with Crippen LogP contribution in [0.2, 0.25) is 0 Å². The molecule has 1 heterocycles. The normalized spacial score (nSPS) is 20.9. The molecule has 1 unspecified atom stereocenters. The average Bonchev–Trinajstić information content (AvgIpc) is 2.98. The van der Waals surface area contributed by atoms with E-state index < -0.39 is 11.9 Å². The summed E-state index contributed by atoms with van der Waals surface area (Å²) >= 11 is 1.61. The van der Waals surface area contributed by atoms with Crippen molar-refractivity contribution in [2.75, 3.05) is 11.4 Å². The minimum Gasteiger partial charge on any atom is -0.481 e. The van der Waals surface area contributed by atoms with E-state index in [1.165, 1.54) is 0 Å². The molecule has 1 saturated carbocycles.